The van der Waals surface area contributed by atoms with Crippen LogP contribution in [-0.2, 0) is 20.8 Å². The molecule has 0 aliphatic carbocycles. The number of carboxylic acids is 1. The van der Waals surface area contributed by atoms with Gasteiger partial charge in [0.05, 0.1) is 6.04 Å². The number of aryl methyl sites for hydroxylation is 1. The van der Waals surface area contributed by atoms with E-state index in [1.54, 1.807) is 13.0 Å². The first-order valence-corrected chi connectivity index (χ1v) is 9.33. The zero-order valence-electron chi connectivity index (χ0n) is 16.9. The predicted molar refractivity (Wildman–Crippen MR) is 106 cm³/mol. The van der Waals surface area contributed by atoms with Gasteiger partial charge in [0, 0.05) is 18.7 Å². The summed E-state index contributed by atoms with van der Waals surface area (Å²) >= 11 is 0. The first kappa shape index (κ1) is 27.1. The van der Waals surface area contributed by atoms with Crippen molar-refractivity contribution in [3.05, 3.63) is 48.0 Å². The number of amides is 2. The van der Waals surface area contributed by atoms with Crippen molar-refractivity contribution < 1.29 is 32.7 Å². The van der Waals surface area contributed by atoms with E-state index in [1.807, 2.05) is 37.3 Å². The summed E-state index contributed by atoms with van der Waals surface area (Å²) in [6.45, 7) is 4.28. The smallest absolute Gasteiger partial charge is 0.475 e. The van der Waals surface area contributed by atoms with E-state index in [0.29, 0.717) is 13.0 Å². The summed E-state index contributed by atoms with van der Waals surface area (Å²) in [6.07, 6.45) is 0.533. The molecular weight excluding hydrogens is 403 g/mol. The van der Waals surface area contributed by atoms with Crippen LogP contribution in [0.1, 0.15) is 32.3 Å². The topological polar surface area (TPSA) is 122 Å². The minimum atomic E-state index is -5.08. The molecular formula is C20H28F3N3O4. The van der Waals surface area contributed by atoms with Crippen LogP contribution < -0.4 is 16.4 Å². The highest BCUT2D eigenvalue weighted by molar-refractivity contribution is 5.87. The van der Waals surface area contributed by atoms with Crippen molar-refractivity contribution in [2.24, 2.45) is 5.73 Å². The number of halogens is 3. The van der Waals surface area contributed by atoms with Crippen LogP contribution in [0.15, 0.2) is 42.5 Å². The normalized spacial score (nSPS) is 13.0. The number of hydrogen-bond donors (Lipinski definition) is 4. The third kappa shape index (κ3) is 13.3. The number of carbonyl (C=O) groups excluding carboxylic acids is 2. The second-order valence-corrected chi connectivity index (χ2v) is 6.38. The summed E-state index contributed by atoms with van der Waals surface area (Å²) in [5, 5.41) is 12.8. The van der Waals surface area contributed by atoms with Crippen LogP contribution in [0.5, 0.6) is 0 Å². The number of alkyl halides is 3. The lowest BCUT2D eigenvalue weighted by Crippen LogP contribution is -2.43. The van der Waals surface area contributed by atoms with Gasteiger partial charge in [-0.05, 0) is 31.7 Å². The number of nitrogens with one attached hydrogen (secondary N) is 2. The lowest BCUT2D eigenvalue weighted by atomic mass is 10.0. The summed E-state index contributed by atoms with van der Waals surface area (Å²) < 4.78 is 31.7. The minimum Gasteiger partial charge on any atom is -0.475 e. The minimum absolute atomic E-state index is 0.147. The lowest BCUT2D eigenvalue weighted by molar-refractivity contribution is -0.192. The van der Waals surface area contributed by atoms with Gasteiger partial charge in [-0.15, -0.1) is 0 Å². The van der Waals surface area contributed by atoms with E-state index in [1.165, 1.54) is 11.6 Å². The molecule has 0 radical (unpaired) electrons. The van der Waals surface area contributed by atoms with Crippen LogP contribution >= 0.6 is 0 Å². The van der Waals surface area contributed by atoms with E-state index in [4.69, 9.17) is 15.6 Å². The van der Waals surface area contributed by atoms with Gasteiger partial charge in [0.1, 0.15) is 0 Å². The van der Waals surface area contributed by atoms with Crippen molar-refractivity contribution in [2.75, 3.05) is 6.54 Å². The van der Waals surface area contributed by atoms with E-state index >= 15 is 0 Å². The van der Waals surface area contributed by atoms with Gasteiger partial charge in [0.25, 0.3) is 0 Å². The first-order valence-electron chi connectivity index (χ1n) is 9.33. The molecule has 0 aliphatic heterocycles. The number of carboxylic acid groups (broad SMARTS) is 1. The van der Waals surface area contributed by atoms with Gasteiger partial charge in [0.15, 0.2) is 0 Å². The van der Waals surface area contributed by atoms with Crippen molar-refractivity contribution in [3.8, 4) is 0 Å². The Morgan fingerprint density at radius 3 is 2.23 bits per heavy atom. The maximum atomic E-state index is 11.8. The monoisotopic (exact) mass is 431 g/mol. The summed E-state index contributed by atoms with van der Waals surface area (Å²) in [7, 11) is 0. The highest BCUT2D eigenvalue weighted by Gasteiger charge is 2.38. The van der Waals surface area contributed by atoms with E-state index in [-0.39, 0.29) is 17.9 Å². The molecule has 5 N–H and O–H groups in total. The molecule has 0 aliphatic rings. The molecule has 0 aromatic heterocycles. The maximum Gasteiger partial charge on any atom is 0.490 e. The highest BCUT2D eigenvalue weighted by atomic mass is 19.4. The van der Waals surface area contributed by atoms with Gasteiger partial charge < -0.3 is 21.5 Å². The number of rotatable bonds is 9. The fourth-order valence-corrected chi connectivity index (χ4v) is 2.01. The van der Waals surface area contributed by atoms with Gasteiger partial charge in [-0.25, -0.2) is 4.79 Å². The largest absolute Gasteiger partial charge is 0.490 e. The van der Waals surface area contributed by atoms with Gasteiger partial charge in [0.2, 0.25) is 11.8 Å². The number of nitrogens with two attached hydrogens (primary N) is 1. The Hall–Kier alpha value is -2.88. The number of benzene rings is 1. The van der Waals surface area contributed by atoms with Gasteiger partial charge >= 0.3 is 12.1 Å². The molecule has 0 unspecified atom stereocenters. The molecule has 0 saturated heterocycles. The molecule has 0 saturated carbocycles. The molecule has 0 bridgehead atoms. The Kier molecular flexibility index (Phi) is 12.8. The summed E-state index contributed by atoms with van der Waals surface area (Å²) in [4.78, 5) is 32.4. The fourth-order valence-electron chi connectivity index (χ4n) is 2.01. The Labute approximate surface area is 173 Å². The SMILES string of the molecule is CCCNC(=O)C=C[C@H](CCc1ccccc1)NC(=O)[C@H](C)N.O=C(O)C(F)(F)F. The number of carbonyl (C=O) groups is 3. The summed E-state index contributed by atoms with van der Waals surface area (Å²) in [5.41, 5.74) is 6.79. The van der Waals surface area contributed by atoms with Crippen molar-refractivity contribution >= 4 is 17.8 Å². The van der Waals surface area contributed by atoms with Crippen LogP contribution in [0.4, 0.5) is 13.2 Å². The lowest BCUT2D eigenvalue weighted by Gasteiger charge is -2.17. The second-order valence-electron chi connectivity index (χ2n) is 6.38. The van der Waals surface area contributed by atoms with Crippen LogP contribution in [-0.4, -0.2) is 47.7 Å². The van der Waals surface area contributed by atoms with Crippen molar-refractivity contribution in [1.29, 1.82) is 0 Å². The molecule has 2 amide bonds. The van der Waals surface area contributed by atoms with Crippen LogP contribution in [0.25, 0.3) is 0 Å². The molecule has 10 heteroatoms. The molecule has 1 aromatic carbocycles. The Balaban J connectivity index is 0.00000103. The van der Waals surface area contributed by atoms with Crippen LogP contribution in [0.2, 0.25) is 0 Å². The van der Waals surface area contributed by atoms with Crippen molar-refractivity contribution in [3.63, 3.8) is 0 Å². The fraction of sp³-hybridized carbons (Fsp3) is 0.450. The standard InChI is InChI=1S/C18H27N3O2.C2HF3O2/c1-3-13-20-17(22)12-11-16(21-18(23)14(2)19)10-9-15-7-5-4-6-8-15;3-2(4,5)1(6)7/h4-8,11-12,14,16H,3,9-10,13,19H2,1-2H3,(H,20,22)(H,21,23);(H,6,7)/t14-,16-;/m0./s1. The second kappa shape index (κ2) is 14.2. The van der Waals surface area contributed by atoms with E-state index < -0.39 is 18.2 Å². The molecule has 1 rings (SSSR count). The summed E-state index contributed by atoms with van der Waals surface area (Å²) in [5.74, 6) is -3.12. The molecule has 0 heterocycles. The molecule has 0 spiro atoms. The predicted octanol–water partition coefficient (Wildman–Crippen LogP) is 2.17. The maximum absolute atomic E-state index is 11.8. The van der Waals surface area contributed by atoms with Crippen molar-refractivity contribution in [1.82, 2.24) is 10.6 Å². The molecule has 7 nitrogen and oxygen atoms in total. The summed E-state index contributed by atoms with van der Waals surface area (Å²) in [6, 6.07) is 9.23. The quantitative estimate of drug-likeness (QED) is 0.447. The number of hydrogen-bond acceptors (Lipinski definition) is 4. The van der Waals surface area contributed by atoms with E-state index in [2.05, 4.69) is 10.6 Å². The highest BCUT2D eigenvalue weighted by Crippen LogP contribution is 2.13. The molecule has 168 valence electrons. The third-order valence-corrected chi connectivity index (χ3v) is 3.60. The Morgan fingerprint density at radius 1 is 1.20 bits per heavy atom. The van der Waals surface area contributed by atoms with Crippen LogP contribution in [0, 0.1) is 0 Å². The molecule has 1 aromatic rings. The third-order valence-electron chi connectivity index (χ3n) is 3.60. The van der Waals surface area contributed by atoms with Gasteiger partial charge in [-0.1, -0.05) is 43.3 Å². The average Bonchev–Trinajstić information content (AvgIpc) is 2.68. The zero-order chi connectivity index (χ0) is 23.2. The Morgan fingerprint density at radius 2 is 1.77 bits per heavy atom. The van der Waals surface area contributed by atoms with Gasteiger partial charge in [-0.3, -0.25) is 9.59 Å². The number of aliphatic carboxylic acids is 1. The first-order chi connectivity index (χ1) is 14.0. The van der Waals surface area contributed by atoms with Gasteiger partial charge in [-0.2, -0.15) is 13.2 Å². The van der Waals surface area contributed by atoms with Crippen LogP contribution in [0.3, 0.4) is 0 Å². The van der Waals surface area contributed by atoms with Crippen molar-refractivity contribution in [2.45, 2.75) is 51.4 Å². The van der Waals surface area contributed by atoms with E-state index in [0.717, 1.165) is 12.8 Å². The molecule has 30 heavy (non-hydrogen) atoms. The average molecular weight is 431 g/mol. The van der Waals surface area contributed by atoms with E-state index in [9.17, 15) is 22.8 Å². The molecule has 2 atom stereocenters. The zero-order valence-corrected chi connectivity index (χ0v) is 16.9. The Bertz CT molecular complexity index is 692. The molecule has 0 fully saturated rings.